The average molecular weight is 745 g/mol. The van der Waals surface area contributed by atoms with Crippen molar-refractivity contribution in [2.75, 3.05) is 19.8 Å². The van der Waals surface area contributed by atoms with Crippen LogP contribution in [0.5, 0.6) is 17.2 Å². The Bertz CT molecular complexity index is 1440. The Balaban J connectivity index is 0.000000405. The number of rotatable bonds is 15. The van der Waals surface area contributed by atoms with Gasteiger partial charge in [-0.25, -0.2) is 0 Å². The molecule has 0 amide bonds. The molecule has 0 bridgehead atoms. The third kappa shape index (κ3) is 20.1. The number of esters is 3. The normalized spacial score (nSPS) is 11.7. The fourth-order valence-corrected chi connectivity index (χ4v) is 5.39. The van der Waals surface area contributed by atoms with E-state index in [0.29, 0.717) is 39.1 Å². The lowest BCUT2D eigenvalue weighted by Crippen LogP contribution is -2.09. The fraction of sp³-hybridized carbons (Fsp3) is 0.400. The molecule has 3 atom stereocenters. The van der Waals surface area contributed by atoms with Crippen molar-refractivity contribution in [3.05, 3.63) is 124 Å². The smallest absolute Gasteiger partial charge is 0.306 e. The molecule has 3 rings (SSSR count). The molecule has 0 saturated carbocycles. The van der Waals surface area contributed by atoms with Crippen LogP contribution in [-0.4, -0.2) is 53.0 Å². The van der Waals surface area contributed by atoms with E-state index < -0.39 is 0 Å². The van der Waals surface area contributed by atoms with Crippen molar-refractivity contribution < 1.29 is 43.9 Å². The van der Waals surface area contributed by atoms with Crippen LogP contribution in [0.4, 0.5) is 0 Å². The van der Waals surface area contributed by atoms with Crippen molar-refractivity contribution in [3.8, 4) is 17.2 Å². The number of hydrogen-bond donors (Lipinski definition) is 3. The molecule has 9 nitrogen and oxygen atoms in total. The van der Waals surface area contributed by atoms with Crippen LogP contribution in [0.2, 0.25) is 0 Å². The van der Waals surface area contributed by atoms with Crippen molar-refractivity contribution in [1.82, 2.24) is 0 Å². The highest BCUT2D eigenvalue weighted by molar-refractivity contribution is 5.72. The van der Waals surface area contributed by atoms with Crippen LogP contribution in [0.25, 0.3) is 0 Å². The summed E-state index contributed by atoms with van der Waals surface area (Å²) < 4.78 is 14.9. The number of phenolic OH excluding ortho intramolecular Hbond substituents is 3. The van der Waals surface area contributed by atoms with Gasteiger partial charge in [-0.05, 0) is 115 Å². The van der Waals surface area contributed by atoms with Gasteiger partial charge >= 0.3 is 17.9 Å². The van der Waals surface area contributed by atoms with Crippen molar-refractivity contribution in [2.45, 2.75) is 99.3 Å². The molecule has 0 radical (unpaired) electrons. The van der Waals surface area contributed by atoms with Gasteiger partial charge in [0.2, 0.25) is 0 Å². The zero-order valence-corrected chi connectivity index (χ0v) is 33.4. The van der Waals surface area contributed by atoms with Gasteiger partial charge in [0, 0.05) is 17.8 Å². The van der Waals surface area contributed by atoms with Crippen LogP contribution in [0.1, 0.15) is 116 Å². The van der Waals surface area contributed by atoms with Gasteiger partial charge in [-0.15, -0.1) is 0 Å². The molecular weight excluding hydrogens is 684 g/mol. The SMILES string of the molecule is CCOC(=O)CC(C=C(C)C)c1ccc(O)cc1.CCOC(=O)C[C@@H](C=C(C)C)c1ccc(O)cc1.CCOC(=O)C[C@H](C=C(C)C)c1ccc(O)cc1. The van der Waals surface area contributed by atoms with Gasteiger partial charge in [-0.3, -0.25) is 14.4 Å². The first-order valence-electron chi connectivity index (χ1n) is 18.4. The zero-order valence-electron chi connectivity index (χ0n) is 33.4. The van der Waals surface area contributed by atoms with E-state index in [1.165, 1.54) is 0 Å². The summed E-state index contributed by atoms with van der Waals surface area (Å²) >= 11 is 0. The van der Waals surface area contributed by atoms with Gasteiger partial charge in [0.25, 0.3) is 0 Å². The summed E-state index contributed by atoms with van der Waals surface area (Å²) in [6, 6.07) is 20.8. The third-order valence-electron chi connectivity index (χ3n) is 7.64. The number of carbonyl (C=O) groups is 3. The Hall–Kier alpha value is -5.31. The van der Waals surface area contributed by atoms with E-state index in [1.807, 2.05) is 96.2 Å². The highest BCUT2D eigenvalue weighted by Gasteiger charge is 2.17. The Morgan fingerprint density at radius 3 is 0.815 bits per heavy atom. The fourth-order valence-electron chi connectivity index (χ4n) is 5.39. The standard InChI is InChI=1S/3C15H20O3/c3*1-4-18-15(17)10-13(9-11(2)3)12-5-7-14(16)8-6-12/h3*5-9,13,16H,4,10H2,1-3H3/t2*13-;/m10./s1. The quantitative estimate of drug-likeness (QED) is 0.0788. The Kier molecular flexibility index (Phi) is 22.2. The number of carbonyl (C=O) groups excluding carboxylic acids is 3. The van der Waals surface area contributed by atoms with Gasteiger partial charge in [-0.1, -0.05) is 71.3 Å². The minimum atomic E-state index is -0.201. The first-order chi connectivity index (χ1) is 25.6. The van der Waals surface area contributed by atoms with E-state index in [2.05, 4.69) is 0 Å². The van der Waals surface area contributed by atoms with Crippen molar-refractivity contribution >= 4 is 17.9 Å². The van der Waals surface area contributed by atoms with Crippen molar-refractivity contribution in [1.29, 1.82) is 0 Å². The Labute approximate surface area is 322 Å². The summed E-state index contributed by atoms with van der Waals surface area (Å²) in [5.74, 6) is 0.0654. The molecule has 0 spiro atoms. The van der Waals surface area contributed by atoms with E-state index in [-0.39, 0.29) is 52.9 Å². The molecule has 3 aromatic carbocycles. The molecule has 3 aromatic rings. The van der Waals surface area contributed by atoms with Crippen molar-refractivity contribution in [2.24, 2.45) is 0 Å². The highest BCUT2D eigenvalue weighted by Crippen LogP contribution is 2.27. The lowest BCUT2D eigenvalue weighted by atomic mass is 9.94. The Morgan fingerprint density at radius 2 is 0.648 bits per heavy atom. The van der Waals surface area contributed by atoms with Gasteiger partial charge in [-0.2, -0.15) is 0 Å². The molecule has 0 fully saturated rings. The van der Waals surface area contributed by atoms with Gasteiger partial charge < -0.3 is 29.5 Å². The molecule has 9 heteroatoms. The first kappa shape index (κ1) is 46.7. The molecule has 0 aliphatic carbocycles. The maximum absolute atomic E-state index is 11.6. The predicted molar refractivity (Wildman–Crippen MR) is 215 cm³/mol. The van der Waals surface area contributed by atoms with Crippen LogP contribution < -0.4 is 0 Å². The van der Waals surface area contributed by atoms with Crippen molar-refractivity contribution in [3.63, 3.8) is 0 Å². The minimum Gasteiger partial charge on any atom is -0.508 e. The van der Waals surface area contributed by atoms with Gasteiger partial charge in [0.15, 0.2) is 0 Å². The molecule has 0 aromatic heterocycles. The molecule has 1 unspecified atom stereocenters. The molecule has 54 heavy (non-hydrogen) atoms. The second kappa shape index (κ2) is 25.6. The maximum atomic E-state index is 11.6. The highest BCUT2D eigenvalue weighted by atomic mass is 16.5. The van der Waals surface area contributed by atoms with Crippen LogP contribution in [0.3, 0.4) is 0 Å². The number of aromatic hydroxyl groups is 3. The molecule has 294 valence electrons. The largest absolute Gasteiger partial charge is 0.508 e. The Morgan fingerprint density at radius 1 is 0.444 bits per heavy atom. The number of phenols is 3. The van der Waals surface area contributed by atoms with E-state index in [0.717, 1.165) is 33.4 Å². The summed E-state index contributed by atoms with van der Waals surface area (Å²) in [6.07, 6.45) is 7.10. The summed E-state index contributed by atoms with van der Waals surface area (Å²) in [7, 11) is 0. The first-order valence-corrected chi connectivity index (χ1v) is 18.4. The van der Waals surface area contributed by atoms with E-state index in [1.54, 1.807) is 57.2 Å². The average Bonchev–Trinajstić information content (AvgIpc) is 3.09. The number of hydrogen-bond acceptors (Lipinski definition) is 9. The number of ether oxygens (including phenoxy) is 3. The van der Waals surface area contributed by atoms with Crippen LogP contribution in [-0.2, 0) is 28.6 Å². The summed E-state index contributed by atoms with van der Waals surface area (Å²) in [5, 5.41) is 27.8. The second-order valence-corrected chi connectivity index (χ2v) is 13.4. The van der Waals surface area contributed by atoms with E-state index in [9.17, 15) is 29.7 Å². The number of allylic oxidation sites excluding steroid dienone is 6. The lowest BCUT2D eigenvalue weighted by molar-refractivity contribution is -0.144. The summed E-state index contributed by atoms with van der Waals surface area (Å²) in [6.45, 7) is 18.6. The van der Waals surface area contributed by atoms with Gasteiger partial charge in [0.05, 0.1) is 39.1 Å². The molecule has 0 aliphatic heterocycles. The third-order valence-corrected chi connectivity index (χ3v) is 7.64. The van der Waals surface area contributed by atoms with Crippen LogP contribution in [0.15, 0.2) is 108 Å². The zero-order chi connectivity index (χ0) is 40.6. The molecule has 0 aliphatic rings. The minimum absolute atomic E-state index is 0.00495. The van der Waals surface area contributed by atoms with E-state index >= 15 is 0 Å². The maximum Gasteiger partial charge on any atom is 0.306 e. The summed E-state index contributed by atoms with van der Waals surface area (Å²) in [4.78, 5) is 34.7. The van der Waals surface area contributed by atoms with E-state index in [4.69, 9.17) is 14.2 Å². The molecule has 3 N–H and O–H groups in total. The predicted octanol–water partition coefficient (Wildman–Crippen LogP) is 10.2. The second-order valence-electron chi connectivity index (χ2n) is 13.4. The molecule has 0 saturated heterocycles. The summed E-state index contributed by atoms with van der Waals surface area (Å²) in [5.41, 5.74) is 6.46. The monoisotopic (exact) mass is 744 g/mol. The molecule has 0 heterocycles. The number of benzene rings is 3. The van der Waals surface area contributed by atoms with Crippen LogP contribution >= 0.6 is 0 Å². The topological polar surface area (TPSA) is 140 Å². The van der Waals surface area contributed by atoms with Crippen LogP contribution in [0, 0.1) is 0 Å². The van der Waals surface area contributed by atoms with Gasteiger partial charge in [0.1, 0.15) is 17.2 Å². The lowest BCUT2D eigenvalue weighted by Gasteiger charge is -2.13. The molecular formula is C45H60O9.